The molecule has 0 saturated carbocycles. The normalized spacial score (nSPS) is 19.4. The van der Waals surface area contributed by atoms with Crippen LogP contribution in [0.3, 0.4) is 0 Å². The highest BCUT2D eigenvalue weighted by molar-refractivity contribution is 5.84. The van der Waals surface area contributed by atoms with Crippen LogP contribution in [0.15, 0.2) is 30.3 Å². The molecule has 1 aromatic carbocycles. The monoisotopic (exact) mass is 388 g/mol. The van der Waals surface area contributed by atoms with Crippen molar-refractivity contribution in [2.24, 2.45) is 5.92 Å². The highest BCUT2D eigenvalue weighted by Crippen LogP contribution is 2.30. The molecule has 2 rings (SSSR count). The molecule has 1 N–H and O–H groups in total. The summed E-state index contributed by atoms with van der Waals surface area (Å²) in [4.78, 5) is 39.7. The lowest BCUT2D eigenvalue weighted by Gasteiger charge is -2.31. The first kappa shape index (κ1) is 21.9. The second-order valence-corrected chi connectivity index (χ2v) is 7.72. The number of rotatable bonds is 7. The van der Waals surface area contributed by atoms with Crippen LogP contribution in [0.1, 0.15) is 57.9 Å². The van der Waals surface area contributed by atoms with Crippen LogP contribution in [-0.4, -0.2) is 58.4 Å². The molecule has 3 unspecified atom stereocenters. The number of carbonyl (C=O) groups excluding carboxylic acids is 2. The van der Waals surface area contributed by atoms with Gasteiger partial charge in [0.25, 0.3) is 0 Å². The number of nitrogens with zero attached hydrogens (tertiary/aromatic N) is 2. The van der Waals surface area contributed by atoms with Crippen molar-refractivity contribution >= 4 is 17.8 Å². The third-order valence-corrected chi connectivity index (χ3v) is 5.80. The third-order valence-electron chi connectivity index (χ3n) is 5.80. The number of amides is 2. The molecule has 0 spiro atoms. The Labute approximate surface area is 167 Å². The predicted molar refractivity (Wildman–Crippen MR) is 108 cm³/mol. The Hall–Kier alpha value is -2.37. The van der Waals surface area contributed by atoms with E-state index in [4.69, 9.17) is 5.11 Å². The summed E-state index contributed by atoms with van der Waals surface area (Å²) in [5.41, 5.74) is 1.04. The Morgan fingerprint density at radius 2 is 1.86 bits per heavy atom. The average Bonchev–Trinajstić information content (AvgIpc) is 2.92. The van der Waals surface area contributed by atoms with Gasteiger partial charge in [0.1, 0.15) is 6.54 Å². The van der Waals surface area contributed by atoms with E-state index < -0.39 is 5.97 Å². The van der Waals surface area contributed by atoms with E-state index in [-0.39, 0.29) is 36.2 Å². The van der Waals surface area contributed by atoms with Crippen LogP contribution in [-0.2, 0) is 14.4 Å². The van der Waals surface area contributed by atoms with Crippen molar-refractivity contribution in [3.63, 3.8) is 0 Å². The second kappa shape index (κ2) is 10.2. The molecule has 154 valence electrons. The second-order valence-electron chi connectivity index (χ2n) is 7.72. The van der Waals surface area contributed by atoms with Gasteiger partial charge in [0.2, 0.25) is 11.8 Å². The zero-order valence-electron chi connectivity index (χ0n) is 17.1. The summed E-state index contributed by atoms with van der Waals surface area (Å²) in [5, 5.41) is 9.10. The summed E-state index contributed by atoms with van der Waals surface area (Å²) in [7, 11) is 0. The Kier molecular flexibility index (Phi) is 8.03. The molecule has 1 fully saturated rings. The van der Waals surface area contributed by atoms with E-state index in [9.17, 15) is 14.4 Å². The van der Waals surface area contributed by atoms with E-state index in [0.29, 0.717) is 19.5 Å². The highest BCUT2D eigenvalue weighted by Gasteiger charge is 2.32. The van der Waals surface area contributed by atoms with Gasteiger partial charge in [-0.3, -0.25) is 14.4 Å². The molecular formula is C22H32N2O4. The summed E-state index contributed by atoms with van der Waals surface area (Å²) < 4.78 is 0. The largest absolute Gasteiger partial charge is 0.480 e. The van der Waals surface area contributed by atoms with E-state index in [1.807, 2.05) is 35.2 Å². The topological polar surface area (TPSA) is 77.9 Å². The molecule has 1 aliphatic rings. The lowest BCUT2D eigenvalue weighted by atomic mass is 9.84. The molecule has 0 aromatic heterocycles. The Bertz CT molecular complexity index is 676. The molecule has 1 heterocycles. The van der Waals surface area contributed by atoms with Gasteiger partial charge in [-0.25, -0.2) is 0 Å². The van der Waals surface area contributed by atoms with Gasteiger partial charge in [0, 0.05) is 26.1 Å². The van der Waals surface area contributed by atoms with E-state index in [1.165, 1.54) is 11.8 Å². The van der Waals surface area contributed by atoms with Crippen LogP contribution in [0.5, 0.6) is 0 Å². The number of benzene rings is 1. The van der Waals surface area contributed by atoms with E-state index >= 15 is 0 Å². The lowest BCUT2D eigenvalue weighted by molar-refractivity contribution is -0.145. The van der Waals surface area contributed by atoms with Crippen molar-refractivity contribution in [1.29, 1.82) is 0 Å². The number of hydrogen-bond donors (Lipinski definition) is 1. The van der Waals surface area contributed by atoms with Gasteiger partial charge >= 0.3 is 5.97 Å². The molecule has 0 bridgehead atoms. The molecule has 1 aliphatic heterocycles. The Morgan fingerprint density at radius 1 is 1.18 bits per heavy atom. The smallest absolute Gasteiger partial charge is 0.323 e. The molecule has 0 aliphatic carbocycles. The maximum Gasteiger partial charge on any atom is 0.323 e. The van der Waals surface area contributed by atoms with Crippen LogP contribution in [0.2, 0.25) is 0 Å². The summed E-state index contributed by atoms with van der Waals surface area (Å²) in [5.74, 6) is -1.04. The van der Waals surface area contributed by atoms with Crippen LogP contribution in [0.25, 0.3) is 0 Å². The molecule has 3 atom stereocenters. The predicted octanol–water partition coefficient (Wildman–Crippen LogP) is 3.13. The quantitative estimate of drug-likeness (QED) is 0.778. The van der Waals surface area contributed by atoms with E-state index in [2.05, 4.69) is 13.8 Å². The summed E-state index contributed by atoms with van der Waals surface area (Å²) >= 11 is 0. The van der Waals surface area contributed by atoms with Gasteiger partial charge in [-0.15, -0.1) is 0 Å². The van der Waals surface area contributed by atoms with Gasteiger partial charge in [-0.05, 0) is 30.7 Å². The first-order valence-corrected chi connectivity index (χ1v) is 10.2. The first-order valence-electron chi connectivity index (χ1n) is 10.2. The van der Waals surface area contributed by atoms with Crippen molar-refractivity contribution in [2.45, 2.75) is 58.4 Å². The van der Waals surface area contributed by atoms with Gasteiger partial charge < -0.3 is 14.9 Å². The van der Waals surface area contributed by atoms with Crippen LogP contribution in [0.4, 0.5) is 0 Å². The van der Waals surface area contributed by atoms with Crippen LogP contribution < -0.4 is 0 Å². The van der Waals surface area contributed by atoms with Crippen LogP contribution >= 0.6 is 0 Å². The molecule has 6 nitrogen and oxygen atoms in total. The van der Waals surface area contributed by atoms with Crippen molar-refractivity contribution in [3.05, 3.63) is 35.9 Å². The van der Waals surface area contributed by atoms with Gasteiger partial charge in [-0.2, -0.15) is 0 Å². The zero-order chi connectivity index (χ0) is 20.7. The molecule has 1 aromatic rings. The molecular weight excluding hydrogens is 356 g/mol. The fraction of sp³-hybridized carbons (Fsp3) is 0.591. The van der Waals surface area contributed by atoms with Gasteiger partial charge in [0.15, 0.2) is 0 Å². The molecule has 6 heteroatoms. The van der Waals surface area contributed by atoms with Crippen LogP contribution in [0, 0.1) is 5.92 Å². The van der Waals surface area contributed by atoms with Gasteiger partial charge in [0.05, 0.1) is 5.92 Å². The summed E-state index contributed by atoms with van der Waals surface area (Å²) in [6.07, 6.45) is 3.01. The lowest BCUT2D eigenvalue weighted by Crippen LogP contribution is -2.43. The SMILES string of the molecule is CCC(C)C(C(=O)N1CCCC(N(CC(=O)O)C(C)=O)CC1)c1ccccc1. The van der Waals surface area contributed by atoms with E-state index in [0.717, 1.165) is 24.8 Å². The fourth-order valence-electron chi connectivity index (χ4n) is 4.06. The maximum absolute atomic E-state index is 13.4. The standard InChI is InChI=1S/C22H32N2O4/c1-4-16(2)21(18-9-6-5-7-10-18)22(28)23-13-8-11-19(12-14-23)24(17(3)25)15-20(26)27/h5-7,9-10,16,19,21H,4,8,11-15H2,1-3H3,(H,26,27). The number of hydrogen-bond acceptors (Lipinski definition) is 3. The highest BCUT2D eigenvalue weighted by atomic mass is 16.4. The Balaban J connectivity index is 2.13. The zero-order valence-corrected chi connectivity index (χ0v) is 17.1. The number of carboxylic acid groups (broad SMARTS) is 1. The molecule has 0 radical (unpaired) electrons. The minimum atomic E-state index is -1.01. The first-order chi connectivity index (χ1) is 13.3. The van der Waals surface area contributed by atoms with E-state index in [1.54, 1.807) is 0 Å². The third kappa shape index (κ3) is 5.57. The van der Waals surface area contributed by atoms with Crippen molar-refractivity contribution in [3.8, 4) is 0 Å². The van der Waals surface area contributed by atoms with Gasteiger partial charge in [-0.1, -0.05) is 50.6 Å². The van der Waals surface area contributed by atoms with Crippen molar-refractivity contribution in [2.75, 3.05) is 19.6 Å². The fourth-order valence-corrected chi connectivity index (χ4v) is 4.06. The number of likely N-dealkylation sites (tertiary alicyclic amines) is 1. The summed E-state index contributed by atoms with van der Waals surface area (Å²) in [6, 6.07) is 9.78. The number of carboxylic acids is 1. The number of aliphatic carboxylic acids is 1. The van der Waals surface area contributed by atoms with Crippen molar-refractivity contribution < 1.29 is 19.5 Å². The molecule has 1 saturated heterocycles. The maximum atomic E-state index is 13.4. The minimum absolute atomic E-state index is 0.133. The van der Waals surface area contributed by atoms with Crippen molar-refractivity contribution in [1.82, 2.24) is 9.80 Å². The average molecular weight is 389 g/mol. The molecule has 28 heavy (non-hydrogen) atoms. The number of carbonyl (C=O) groups is 3. The Morgan fingerprint density at radius 3 is 2.43 bits per heavy atom. The summed E-state index contributed by atoms with van der Waals surface area (Å²) in [6.45, 7) is 6.53. The molecule has 2 amide bonds. The minimum Gasteiger partial charge on any atom is -0.480 e.